The molecule has 0 atom stereocenters. The van der Waals surface area contributed by atoms with Crippen molar-refractivity contribution >= 4 is 0 Å². The van der Waals surface area contributed by atoms with E-state index in [1.807, 2.05) is 12.4 Å². The number of ether oxygens (including phenoxy) is 1. The monoisotopic (exact) mass is 394 g/mol. The van der Waals surface area contributed by atoms with Gasteiger partial charge >= 0.3 is 0 Å². The first-order chi connectivity index (χ1) is 14.3. The molecule has 158 valence electrons. The van der Waals surface area contributed by atoms with E-state index in [4.69, 9.17) is 4.74 Å². The van der Waals surface area contributed by atoms with Crippen molar-refractivity contribution in [2.75, 3.05) is 6.61 Å². The molecule has 1 aliphatic carbocycles. The molecule has 1 heterocycles. The van der Waals surface area contributed by atoms with Gasteiger partial charge in [-0.15, -0.1) is 0 Å². The van der Waals surface area contributed by atoms with Gasteiger partial charge in [-0.3, -0.25) is 9.97 Å². The molecule has 1 aliphatic rings. The highest BCUT2D eigenvalue weighted by Crippen LogP contribution is 2.31. The maximum atomic E-state index is 6.06. The quantitative estimate of drug-likeness (QED) is 0.376. The summed E-state index contributed by atoms with van der Waals surface area (Å²) in [5.41, 5.74) is 3.13. The molecule has 3 rings (SSSR count). The molecule has 0 N–H and O–H groups in total. The zero-order chi connectivity index (χ0) is 20.3. The maximum absolute atomic E-state index is 6.06. The van der Waals surface area contributed by atoms with Gasteiger partial charge in [0.25, 0.3) is 0 Å². The Kier molecular flexibility index (Phi) is 8.98. The lowest BCUT2D eigenvalue weighted by molar-refractivity contribution is 0.181. The van der Waals surface area contributed by atoms with Crippen LogP contribution in [0.3, 0.4) is 0 Å². The minimum Gasteiger partial charge on any atom is -0.493 e. The molecule has 0 aliphatic heterocycles. The Labute approximate surface area is 177 Å². The van der Waals surface area contributed by atoms with Crippen LogP contribution in [0.4, 0.5) is 0 Å². The molecule has 3 heteroatoms. The Hall–Kier alpha value is -1.90. The van der Waals surface area contributed by atoms with E-state index in [0.29, 0.717) is 0 Å². The standard InChI is InChI=1S/C26H38N2O/c1-3-5-6-7-8-9-24-18-28-26(19-27-24)23-14-16-25(17-15-23)29-20-22-12-10-21(4-2)11-13-22/h14-19,21-22H,3-13,20H2,1-2H3/t21-,22-. The van der Waals surface area contributed by atoms with Crippen LogP contribution in [-0.2, 0) is 6.42 Å². The molecule has 0 bridgehead atoms. The molecule has 2 aromatic rings. The molecule has 29 heavy (non-hydrogen) atoms. The third-order valence-corrected chi connectivity index (χ3v) is 6.42. The molecular weight excluding hydrogens is 356 g/mol. The van der Waals surface area contributed by atoms with Gasteiger partial charge in [0.15, 0.2) is 0 Å². The zero-order valence-electron chi connectivity index (χ0n) is 18.4. The van der Waals surface area contributed by atoms with Gasteiger partial charge in [-0.05, 0) is 61.8 Å². The zero-order valence-corrected chi connectivity index (χ0v) is 18.4. The Morgan fingerprint density at radius 1 is 0.828 bits per heavy atom. The molecule has 0 amide bonds. The van der Waals surface area contributed by atoms with Crippen molar-refractivity contribution in [1.82, 2.24) is 9.97 Å². The molecule has 1 fully saturated rings. The van der Waals surface area contributed by atoms with Crippen molar-refractivity contribution in [3.05, 3.63) is 42.4 Å². The molecule has 0 saturated heterocycles. The Bertz CT molecular complexity index is 688. The third kappa shape index (κ3) is 7.13. The van der Waals surface area contributed by atoms with Crippen LogP contribution in [0.1, 0.15) is 83.7 Å². The number of nitrogens with zero attached hydrogens (tertiary/aromatic N) is 2. The van der Waals surface area contributed by atoms with Crippen LogP contribution < -0.4 is 4.74 Å². The van der Waals surface area contributed by atoms with Crippen LogP contribution >= 0.6 is 0 Å². The predicted octanol–water partition coefficient (Wildman–Crippen LogP) is 7.25. The highest BCUT2D eigenvalue weighted by molar-refractivity contribution is 5.58. The number of aromatic nitrogens is 2. The topological polar surface area (TPSA) is 35.0 Å². The van der Waals surface area contributed by atoms with Gasteiger partial charge in [-0.1, -0.05) is 58.8 Å². The summed E-state index contributed by atoms with van der Waals surface area (Å²) in [5.74, 6) is 2.62. The minimum atomic E-state index is 0.720. The molecule has 3 nitrogen and oxygen atoms in total. The average Bonchev–Trinajstić information content (AvgIpc) is 2.79. The first-order valence-corrected chi connectivity index (χ1v) is 11.8. The van der Waals surface area contributed by atoms with E-state index in [0.717, 1.165) is 47.6 Å². The van der Waals surface area contributed by atoms with Crippen LogP contribution in [0.15, 0.2) is 36.7 Å². The average molecular weight is 395 g/mol. The molecular formula is C26H38N2O. The summed E-state index contributed by atoms with van der Waals surface area (Å²) in [4.78, 5) is 9.24. The third-order valence-electron chi connectivity index (χ3n) is 6.42. The number of aryl methyl sites for hydroxylation is 1. The number of unbranched alkanes of at least 4 members (excludes halogenated alkanes) is 4. The summed E-state index contributed by atoms with van der Waals surface area (Å²) >= 11 is 0. The maximum Gasteiger partial charge on any atom is 0.119 e. The van der Waals surface area contributed by atoms with Crippen molar-refractivity contribution in [2.24, 2.45) is 11.8 Å². The van der Waals surface area contributed by atoms with E-state index in [-0.39, 0.29) is 0 Å². The van der Waals surface area contributed by atoms with Crippen LogP contribution in [-0.4, -0.2) is 16.6 Å². The molecule has 1 aromatic heterocycles. The molecule has 0 spiro atoms. The Balaban J connectivity index is 1.43. The second-order valence-electron chi connectivity index (χ2n) is 8.69. The highest BCUT2D eigenvalue weighted by atomic mass is 16.5. The van der Waals surface area contributed by atoms with Gasteiger partial charge in [-0.25, -0.2) is 0 Å². The van der Waals surface area contributed by atoms with E-state index in [1.165, 1.54) is 64.2 Å². The normalized spacial score (nSPS) is 19.2. The summed E-state index contributed by atoms with van der Waals surface area (Å²) in [7, 11) is 0. The summed E-state index contributed by atoms with van der Waals surface area (Å²) in [6, 6.07) is 8.32. The summed E-state index contributed by atoms with van der Waals surface area (Å²) in [6.45, 7) is 5.42. The van der Waals surface area contributed by atoms with E-state index in [9.17, 15) is 0 Å². The fraction of sp³-hybridized carbons (Fsp3) is 0.615. The van der Waals surface area contributed by atoms with Crippen molar-refractivity contribution < 1.29 is 4.74 Å². The van der Waals surface area contributed by atoms with E-state index in [2.05, 4.69) is 48.1 Å². The molecule has 0 unspecified atom stereocenters. The van der Waals surface area contributed by atoms with Gasteiger partial charge in [0.1, 0.15) is 5.75 Å². The summed E-state index contributed by atoms with van der Waals surface area (Å²) in [6.07, 6.45) is 18.0. The lowest BCUT2D eigenvalue weighted by Gasteiger charge is -2.27. The first-order valence-electron chi connectivity index (χ1n) is 11.8. The molecule has 0 radical (unpaired) electrons. The number of benzene rings is 1. The SMILES string of the molecule is CCCCCCCc1cnc(-c2ccc(OC[C@H]3CC[C@H](CC)CC3)cc2)cn1. The van der Waals surface area contributed by atoms with E-state index in [1.54, 1.807) is 0 Å². The summed E-state index contributed by atoms with van der Waals surface area (Å²) in [5, 5.41) is 0. The van der Waals surface area contributed by atoms with Gasteiger partial charge < -0.3 is 4.74 Å². The second-order valence-corrected chi connectivity index (χ2v) is 8.69. The van der Waals surface area contributed by atoms with Crippen molar-refractivity contribution in [3.63, 3.8) is 0 Å². The Morgan fingerprint density at radius 2 is 1.55 bits per heavy atom. The lowest BCUT2D eigenvalue weighted by Crippen LogP contribution is -2.19. The fourth-order valence-electron chi connectivity index (χ4n) is 4.29. The van der Waals surface area contributed by atoms with Crippen LogP contribution in [0.5, 0.6) is 5.75 Å². The second kappa shape index (κ2) is 11.9. The van der Waals surface area contributed by atoms with Crippen LogP contribution in [0.2, 0.25) is 0 Å². The van der Waals surface area contributed by atoms with Crippen molar-refractivity contribution in [3.8, 4) is 17.0 Å². The highest BCUT2D eigenvalue weighted by Gasteiger charge is 2.20. The van der Waals surface area contributed by atoms with Crippen molar-refractivity contribution in [2.45, 2.75) is 84.5 Å². The van der Waals surface area contributed by atoms with Crippen LogP contribution in [0, 0.1) is 11.8 Å². The number of hydrogen-bond acceptors (Lipinski definition) is 3. The van der Waals surface area contributed by atoms with E-state index >= 15 is 0 Å². The molecule has 1 saturated carbocycles. The summed E-state index contributed by atoms with van der Waals surface area (Å²) < 4.78 is 6.06. The largest absolute Gasteiger partial charge is 0.493 e. The number of hydrogen-bond donors (Lipinski definition) is 0. The fourth-order valence-corrected chi connectivity index (χ4v) is 4.29. The Morgan fingerprint density at radius 3 is 2.21 bits per heavy atom. The first kappa shape index (κ1) is 21.8. The lowest BCUT2D eigenvalue weighted by atomic mass is 9.81. The van der Waals surface area contributed by atoms with Gasteiger partial charge in [-0.2, -0.15) is 0 Å². The predicted molar refractivity (Wildman–Crippen MR) is 121 cm³/mol. The van der Waals surface area contributed by atoms with Gasteiger partial charge in [0.05, 0.1) is 24.2 Å². The smallest absolute Gasteiger partial charge is 0.119 e. The van der Waals surface area contributed by atoms with Crippen molar-refractivity contribution in [1.29, 1.82) is 0 Å². The van der Waals surface area contributed by atoms with Crippen LogP contribution in [0.25, 0.3) is 11.3 Å². The minimum absolute atomic E-state index is 0.720. The van der Waals surface area contributed by atoms with E-state index < -0.39 is 0 Å². The van der Waals surface area contributed by atoms with Gasteiger partial charge in [0.2, 0.25) is 0 Å². The molecule has 1 aromatic carbocycles. The van der Waals surface area contributed by atoms with Gasteiger partial charge in [0, 0.05) is 11.8 Å². The number of rotatable bonds is 11.